The van der Waals surface area contributed by atoms with Crippen molar-refractivity contribution in [3.05, 3.63) is 17.5 Å². The molecule has 0 spiro atoms. The van der Waals surface area contributed by atoms with Gasteiger partial charge in [-0.1, -0.05) is 5.16 Å². The van der Waals surface area contributed by atoms with Crippen LogP contribution in [0.4, 0.5) is 0 Å². The number of fused-ring (bicyclic) bond motifs is 1. The van der Waals surface area contributed by atoms with E-state index in [1.165, 1.54) is 0 Å². The lowest BCUT2D eigenvalue weighted by Gasteiger charge is -2.20. The first-order valence-corrected chi connectivity index (χ1v) is 7.13. The molecule has 1 amide bonds. The molecule has 0 saturated carbocycles. The van der Waals surface area contributed by atoms with E-state index in [0.717, 1.165) is 62.3 Å². The van der Waals surface area contributed by atoms with Gasteiger partial charge in [0, 0.05) is 19.2 Å². The number of likely N-dealkylation sites (tertiary alicyclic amines) is 1. The van der Waals surface area contributed by atoms with E-state index in [9.17, 15) is 4.79 Å². The zero-order chi connectivity index (χ0) is 13.2. The molecule has 0 radical (unpaired) electrons. The number of hydrogen-bond acceptors (Lipinski definition) is 4. The van der Waals surface area contributed by atoms with Gasteiger partial charge < -0.3 is 14.7 Å². The number of carbonyl (C=O) groups excluding carboxylic acids is 1. The lowest BCUT2D eigenvalue weighted by molar-refractivity contribution is -0.130. The lowest BCUT2D eigenvalue weighted by Crippen LogP contribution is -2.34. The number of aromatic nitrogens is 1. The van der Waals surface area contributed by atoms with Crippen LogP contribution in [0.3, 0.4) is 0 Å². The number of rotatable bonds is 2. The number of carbonyl (C=O) groups is 1. The predicted octanol–water partition coefficient (Wildman–Crippen LogP) is 0.984. The Morgan fingerprint density at radius 1 is 1.42 bits per heavy atom. The average molecular weight is 263 g/mol. The van der Waals surface area contributed by atoms with E-state index >= 15 is 0 Å². The summed E-state index contributed by atoms with van der Waals surface area (Å²) in [5.41, 5.74) is 0.744. The molecule has 2 atom stereocenters. The minimum Gasteiger partial charge on any atom is -0.361 e. The van der Waals surface area contributed by atoms with Crippen molar-refractivity contribution in [3.63, 3.8) is 0 Å². The van der Waals surface area contributed by atoms with Crippen LogP contribution in [0.5, 0.6) is 0 Å². The molecule has 2 saturated heterocycles. The van der Waals surface area contributed by atoms with Crippen LogP contribution in [0.15, 0.2) is 10.6 Å². The third-order valence-corrected chi connectivity index (χ3v) is 4.38. The van der Waals surface area contributed by atoms with Crippen molar-refractivity contribution in [1.29, 1.82) is 0 Å². The third kappa shape index (κ3) is 2.81. The second-order valence-corrected chi connectivity index (χ2v) is 5.74. The van der Waals surface area contributed by atoms with Gasteiger partial charge in [-0.3, -0.25) is 4.79 Å². The summed E-state index contributed by atoms with van der Waals surface area (Å²) in [6, 6.07) is 1.84. The fraction of sp³-hybridized carbons (Fsp3) is 0.714. The highest BCUT2D eigenvalue weighted by Gasteiger charge is 2.31. The molecule has 5 nitrogen and oxygen atoms in total. The lowest BCUT2D eigenvalue weighted by atomic mass is 9.92. The summed E-state index contributed by atoms with van der Waals surface area (Å²) in [6.07, 6.45) is 2.62. The second-order valence-electron chi connectivity index (χ2n) is 5.74. The van der Waals surface area contributed by atoms with Gasteiger partial charge in [0.1, 0.15) is 5.76 Å². The molecule has 1 aromatic rings. The van der Waals surface area contributed by atoms with Gasteiger partial charge in [0.2, 0.25) is 5.91 Å². The number of amides is 1. The zero-order valence-corrected chi connectivity index (χ0v) is 11.4. The largest absolute Gasteiger partial charge is 0.361 e. The summed E-state index contributed by atoms with van der Waals surface area (Å²) < 4.78 is 5.01. The molecule has 1 aromatic heterocycles. The summed E-state index contributed by atoms with van der Waals surface area (Å²) in [7, 11) is 0. The molecule has 0 bridgehead atoms. The normalized spacial score (nSPS) is 27.1. The van der Waals surface area contributed by atoms with Crippen LogP contribution in [-0.2, 0) is 11.2 Å². The van der Waals surface area contributed by atoms with Crippen LogP contribution in [-0.4, -0.2) is 42.1 Å². The fourth-order valence-electron chi connectivity index (χ4n) is 3.24. The van der Waals surface area contributed by atoms with Gasteiger partial charge in [0.15, 0.2) is 0 Å². The van der Waals surface area contributed by atoms with Gasteiger partial charge in [-0.25, -0.2) is 0 Å². The van der Waals surface area contributed by atoms with Crippen molar-refractivity contribution < 1.29 is 9.32 Å². The monoisotopic (exact) mass is 263 g/mol. The summed E-state index contributed by atoms with van der Waals surface area (Å²) in [5, 5.41) is 7.35. The summed E-state index contributed by atoms with van der Waals surface area (Å²) in [4.78, 5) is 14.3. The van der Waals surface area contributed by atoms with Crippen LogP contribution >= 0.6 is 0 Å². The summed E-state index contributed by atoms with van der Waals surface area (Å²) in [5.74, 6) is 2.46. The maximum absolute atomic E-state index is 12.3. The molecule has 0 unspecified atom stereocenters. The topological polar surface area (TPSA) is 58.4 Å². The van der Waals surface area contributed by atoms with Crippen LogP contribution in [0, 0.1) is 18.8 Å². The quantitative estimate of drug-likeness (QED) is 0.864. The second kappa shape index (κ2) is 5.33. The van der Waals surface area contributed by atoms with E-state index in [1.54, 1.807) is 0 Å². The van der Waals surface area contributed by atoms with Crippen LogP contribution in [0.2, 0.25) is 0 Å². The van der Waals surface area contributed by atoms with E-state index in [4.69, 9.17) is 4.52 Å². The SMILES string of the molecule is Cc1cc(CC(=O)N2CC[C@@H]3CNC[C@@H]3CC2)no1. The van der Waals surface area contributed by atoms with Gasteiger partial charge in [-0.15, -0.1) is 0 Å². The Balaban J connectivity index is 1.58. The van der Waals surface area contributed by atoms with Gasteiger partial charge in [-0.05, 0) is 44.7 Å². The molecular formula is C14H21N3O2. The first-order chi connectivity index (χ1) is 9.22. The third-order valence-electron chi connectivity index (χ3n) is 4.38. The van der Waals surface area contributed by atoms with Crippen LogP contribution < -0.4 is 5.32 Å². The van der Waals surface area contributed by atoms with Crippen LogP contribution in [0.1, 0.15) is 24.3 Å². The summed E-state index contributed by atoms with van der Waals surface area (Å²) >= 11 is 0. The molecule has 5 heteroatoms. The molecule has 3 heterocycles. The Kier molecular flexibility index (Phi) is 3.55. The molecular weight excluding hydrogens is 242 g/mol. The van der Waals surface area contributed by atoms with E-state index in [-0.39, 0.29) is 5.91 Å². The molecule has 0 aromatic carbocycles. The van der Waals surface area contributed by atoms with Gasteiger partial charge in [0.25, 0.3) is 0 Å². The van der Waals surface area contributed by atoms with Gasteiger partial charge in [0.05, 0.1) is 12.1 Å². The van der Waals surface area contributed by atoms with E-state index in [1.807, 2.05) is 17.9 Å². The van der Waals surface area contributed by atoms with Gasteiger partial charge >= 0.3 is 0 Å². The van der Waals surface area contributed by atoms with Crippen molar-refractivity contribution in [2.45, 2.75) is 26.2 Å². The molecule has 2 aliphatic heterocycles. The Bertz CT molecular complexity index is 443. The first-order valence-electron chi connectivity index (χ1n) is 7.13. The van der Waals surface area contributed by atoms with E-state index in [2.05, 4.69) is 10.5 Å². The Morgan fingerprint density at radius 2 is 2.11 bits per heavy atom. The van der Waals surface area contributed by atoms with E-state index < -0.39 is 0 Å². The highest BCUT2D eigenvalue weighted by molar-refractivity contribution is 5.78. The van der Waals surface area contributed by atoms with Crippen molar-refractivity contribution in [1.82, 2.24) is 15.4 Å². The minimum absolute atomic E-state index is 0.182. The van der Waals surface area contributed by atoms with Crippen LogP contribution in [0.25, 0.3) is 0 Å². The molecule has 19 heavy (non-hydrogen) atoms. The van der Waals surface area contributed by atoms with Crippen molar-refractivity contribution in [2.24, 2.45) is 11.8 Å². The number of aryl methyl sites for hydroxylation is 1. The molecule has 1 N–H and O–H groups in total. The maximum Gasteiger partial charge on any atom is 0.228 e. The van der Waals surface area contributed by atoms with E-state index in [0.29, 0.717) is 6.42 Å². The maximum atomic E-state index is 12.3. The first kappa shape index (κ1) is 12.7. The molecule has 0 aliphatic carbocycles. The van der Waals surface area contributed by atoms with Gasteiger partial charge in [-0.2, -0.15) is 0 Å². The fourth-order valence-corrected chi connectivity index (χ4v) is 3.24. The standard InChI is InChI=1S/C14H21N3O2/c1-10-6-13(16-19-10)7-14(18)17-4-2-11-8-15-9-12(11)3-5-17/h6,11-12,15H,2-5,7-9H2,1H3/t11-,12+. The zero-order valence-electron chi connectivity index (χ0n) is 11.4. The number of hydrogen-bond donors (Lipinski definition) is 1. The molecule has 2 fully saturated rings. The highest BCUT2D eigenvalue weighted by atomic mass is 16.5. The Labute approximate surface area is 113 Å². The van der Waals surface area contributed by atoms with Crippen molar-refractivity contribution in [3.8, 4) is 0 Å². The minimum atomic E-state index is 0.182. The summed E-state index contributed by atoms with van der Waals surface area (Å²) in [6.45, 7) is 5.86. The predicted molar refractivity (Wildman–Crippen MR) is 70.6 cm³/mol. The Morgan fingerprint density at radius 3 is 2.68 bits per heavy atom. The number of nitrogens with zero attached hydrogens (tertiary/aromatic N) is 2. The average Bonchev–Trinajstić information content (AvgIpc) is 2.94. The van der Waals surface area contributed by atoms with Crippen molar-refractivity contribution >= 4 is 5.91 Å². The Hall–Kier alpha value is -1.36. The molecule has 2 aliphatic rings. The molecule has 104 valence electrons. The highest BCUT2D eigenvalue weighted by Crippen LogP contribution is 2.27. The number of nitrogens with one attached hydrogen (secondary N) is 1. The molecule has 3 rings (SSSR count). The smallest absolute Gasteiger partial charge is 0.228 e. The van der Waals surface area contributed by atoms with Crippen molar-refractivity contribution in [2.75, 3.05) is 26.2 Å².